The Balaban J connectivity index is 1.42. The molecule has 2 heterocycles. The number of nitrogens with one attached hydrogen (secondary N) is 1. The Kier molecular flexibility index (Phi) is 8.54. The summed E-state index contributed by atoms with van der Waals surface area (Å²) in [7, 11) is -3.50. The van der Waals surface area contributed by atoms with E-state index in [4.69, 9.17) is 0 Å². The van der Waals surface area contributed by atoms with Crippen molar-refractivity contribution in [2.24, 2.45) is 5.10 Å². The van der Waals surface area contributed by atoms with Gasteiger partial charge in [-0.25, -0.2) is 13.4 Å². The average Bonchev–Trinajstić information content (AvgIpc) is 3.17. The van der Waals surface area contributed by atoms with E-state index in [1.807, 2.05) is 23.6 Å². The van der Waals surface area contributed by atoms with Gasteiger partial charge in [0.25, 0.3) is 0 Å². The first-order valence-electron chi connectivity index (χ1n) is 12.2. The maximum atomic E-state index is 13.2. The van der Waals surface area contributed by atoms with Crippen LogP contribution in [0.4, 0.5) is 10.8 Å². The maximum absolute atomic E-state index is 13.2. The quantitative estimate of drug-likeness (QED) is 0.296. The van der Waals surface area contributed by atoms with Gasteiger partial charge in [-0.2, -0.15) is 9.41 Å². The molecule has 1 aliphatic rings. The van der Waals surface area contributed by atoms with Gasteiger partial charge >= 0.3 is 0 Å². The topological polar surface area (TPSA) is 77.9 Å². The van der Waals surface area contributed by atoms with Gasteiger partial charge in [0.05, 0.1) is 16.8 Å². The number of sulfonamides is 1. The highest BCUT2D eigenvalue weighted by Gasteiger charge is 2.25. The lowest BCUT2D eigenvalue weighted by molar-refractivity contribution is 0.424. The molecule has 0 amide bonds. The van der Waals surface area contributed by atoms with E-state index in [2.05, 4.69) is 46.4 Å². The summed E-state index contributed by atoms with van der Waals surface area (Å²) in [5.41, 5.74) is 6.69. The number of aromatic nitrogens is 1. The number of thiazole rings is 1. The molecule has 0 bridgehead atoms. The smallest absolute Gasteiger partial charge is 0.243 e. The molecule has 9 heteroatoms. The Morgan fingerprint density at radius 2 is 1.77 bits per heavy atom. The van der Waals surface area contributed by atoms with Crippen molar-refractivity contribution in [3.8, 4) is 11.3 Å². The summed E-state index contributed by atoms with van der Waals surface area (Å²) in [5.74, 6) is 0. The number of hydrogen-bond donors (Lipinski definition) is 1. The molecule has 7 nitrogen and oxygen atoms in total. The lowest BCUT2D eigenvalue weighted by Crippen LogP contribution is -2.31. The molecule has 1 saturated heterocycles. The predicted molar refractivity (Wildman–Crippen MR) is 146 cm³/mol. The fourth-order valence-electron chi connectivity index (χ4n) is 4.23. The molecule has 2 aromatic carbocycles. The Hall–Kier alpha value is -2.75. The number of anilines is 2. The van der Waals surface area contributed by atoms with E-state index in [0.717, 1.165) is 55.6 Å². The first-order chi connectivity index (χ1) is 17.0. The highest BCUT2D eigenvalue weighted by atomic mass is 32.2. The maximum Gasteiger partial charge on any atom is 0.243 e. The van der Waals surface area contributed by atoms with Crippen LogP contribution in [0.2, 0.25) is 0 Å². The Morgan fingerprint density at radius 1 is 1.06 bits per heavy atom. The molecule has 0 atom stereocenters. The van der Waals surface area contributed by atoms with Crippen molar-refractivity contribution in [2.45, 2.75) is 44.4 Å². The van der Waals surface area contributed by atoms with Gasteiger partial charge in [0, 0.05) is 42.8 Å². The van der Waals surface area contributed by atoms with Crippen molar-refractivity contribution in [3.63, 3.8) is 0 Å². The number of nitrogens with zero attached hydrogens (tertiary/aromatic N) is 4. The van der Waals surface area contributed by atoms with Gasteiger partial charge in [-0.1, -0.05) is 37.1 Å². The van der Waals surface area contributed by atoms with Gasteiger partial charge in [0.1, 0.15) is 0 Å². The van der Waals surface area contributed by atoms with Crippen molar-refractivity contribution in [2.75, 3.05) is 36.5 Å². The minimum Gasteiger partial charge on any atom is -0.372 e. The van der Waals surface area contributed by atoms with Crippen molar-refractivity contribution in [1.82, 2.24) is 9.29 Å². The Labute approximate surface area is 212 Å². The van der Waals surface area contributed by atoms with Crippen LogP contribution in [0.25, 0.3) is 11.3 Å². The third-order valence-corrected chi connectivity index (χ3v) is 8.87. The summed E-state index contributed by atoms with van der Waals surface area (Å²) in [6, 6.07) is 15.4. The number of hydrogen-bond acceptors (Lipinski definition) is 7. The van der Waals surface area contributed by atoms with Crippen LogP contribution < -0.4 is 10.3 Å². The molecule has 1 fully saturated rings. The minimum absolute atomic E-state index is 0.325. The van der Waals surface area contributed by atoms with E-state index in [9.17, 15) is 8.42 Å². The second-order valence-electron chi connectivity index (χ2n) is 8.52. The van der Waals surface area contributed by atoms with Gasteiger partial charge in [-0.05, 0) is 56.5 Å². The third-order valence-electron chi connectivity index (χ3n) is 6.23. The number of rotatable bonds is 9. The van der Waals surface area contributed by atoms with Crippen molar-refractivity contribution in [3.05, 3.63) is 59.5 Å². The van der Waals surface area contributed by atoms with Gasteiger partial charge in [-0.15, -0.1) is 11.3 Å². The summed E-state index contributed by atoms with van der Waals surface area (Å²) in [4.78, 5) is 7.22. The molecule has 0 aliphatic carbocycles. The largest absolute Gasteiger partial charge is 0.372 e. The fraction of sp³-hybridized carbons (Fsp3) is 0.385. The zero-order valence-electron chi connectivity index (χ0n) is 20.4. The van der Waals surface area contributed by atoms with Crippen LogP contribution in [0.15, 0.2) is 63.9 Å². The molecule has 186 valence electrons. The summed E-state index contributed by atoms with van der Waals surface area (Å²) < 4.78 is 28.0. The average molecular weight is 512 g/mol. The Morgan fingerprint density at radius 3 is 2.46 bits per heavy atom. The van der Waals surface area contributed by atoms with E-state index in [1.54, 1.807) is 28.7 Å². The summed E-state index contributed by atoms with van der Waals surface area (Å²) in [6.07, 6.45) is 5.78. The second kappa shape index (κ2) is 11.8. The number of benzene rings is 2. The highest BCUT2D eigenvalue weighted by molar-refractivity contribution is 7.89. The predicted octanol–water partition coefficient (Wildman–Crippen LogP) is 5.67. The fourth-order valence-corrected chi connectivity index (χ4v) is 6.46. The molecule has 1 N–H and O–H groups in total. The molecular weight excluding hydrogens is 478 g/mol. The van der Waals surface area contributed by atoms with Crippen molar-refractivity contribution in [1.29, 1.82) is 0 Å². The first kappa shape index (κ1) is 25.3. The van der Waals surface area contributed by atoms with E-state index in [0.29, 0.717) is 23.1 Å². The van der Waals surface area contributed by atoms with E-state index >= 15 is 0 Å². The summed E-state index contributed by atoms with van der Waals surface area (Å²) in [5, 5.41) is 6.88. The van der Waals surface area contributed by atoms with Crippen LogP contribution >= 0.6 is 11.3 Å². The SMILES string of the molecule is CCN(CC)c1ccc(/C=N/Nc2nc(-c3cccc(S(=O)(=O)N4CCCCCC4)c3)cs2)cc1. The van der Waals surface area contributed by atoms with Crippen LogP contribution in [0, 0.1) is 0 Å². The van der Waals surface area contributed by atoms with Crippen molar-refractivity contribution >= 4 is 38.4 Å². The molecule has 0 spiro atoms. The summed E-state index contributed by atoms with van der Waals surface area (Å²) >= 11 is 1.43. The molecule has 1 aromatic heterocycles. The van der Waals surface area contributed by atoms with Crippen LogP contribution in [0.1, 0.15) is 45.1 Å². The molecule has 35 heavy (non-hydrogen) atoms. The zero-order valence-corrected chi connectivity index (χ0v) is 22.0. The van der Waals surface area contributed by atoms with Crippen LogP contribution in [0.5, 0.6) is 0 Å². The normalized spacial score (nSPS) is 15.3. The molecule has 0 saturated carbocycles. The van der Waals surface area contributed by atoms with Crippen LogP contribution in [-0.4, -0.2) is 50.1 Å². The second-order valence-corrected chi connectivity index (χ2v) is 11.3. The van der Waals surface area contributed by atoms with Gasteiger partial charge < -0.3 is 4.90 Å². The van der Waals surface area contributed by atoms with E-state index < -0.39 is 10.0 Å². The van der Waals surface area contributed by atoms with E-state index in [1.165, 1.54) is 17.0 Å². The highest BCUT2D eigenvalue weighted by Crippen LogP contribution is 2.28. The zero-order chi connectivity index (χ0) is 24.7. The van der Waals surface area contributed by atoms with E-state index in [-0.39, 0.29) is 0 Å². The minimum atomic E-state index is -3.50. The third kappa shape index (κ3) is 6.28. The molecular formula is C26H33N5O2S2. The molecule has 0 unspecified atom stereocenters. The molecule has 1 aliphatic heterocycles. The van der Waals surface area contributed by atoms with Gasteiger partial charge in [0.15, 0.2) is 0 Å². The molecule has 3 aromatic rings. The molecule has 4 rings (SSSR count). The van der Waals surface area contributed by atoms with Gasteiger partial charge in [-0.3, -0.25) is 5.43 Å². The first-order valence-corrected chi connectivity index (χ1v) is 14.5. The van der Waals surface area contributed by atoms with Gasteiger partial charge in [0.2, 0.25) is 15.2 Å². The Bertz CT molecular complexity index is 1230. The van der Waals surface area contributed by atoms with Crippen LogP contribution in [-0.2, 0) is 10.0 Å². The van der Waals surface area contributed by atoms with Crippen molar-refractivity contribution < 1.29 is 8.42 Å². The summed E-state index contributed by atoms with van der Waals surface area (Å²) in [6.45, 7) is 7.43. The lowest BCUT2D eigenvalue weighted by atomic mass is 10.2. The number of hydrazone groups is 1. The lowest BCUT2D eigenvalue weighted by Gasteiger charge is -2.20. The van der Waals surface area contributed by atoms with Crippen LogP contribution in [0.3, 0.4) is 0 Å². The standard InChI is InChI=1S/C26H33N5O2S2/c1-3-30(4-2)23-14-12-21(13-15-23)19-27-29-26-28-25(20-34-26)22-10-9-11-24(18-22)35(32,33)31-16-7-5-6-8-17-31/h9-15,18-20H,3-8,16-17H2,1-2H3,(H,28,29)/b27-19+. The monoisotopic (exact) mass is 511 g/mol. The molecule has 0 radical (unpaired) electrons.